The summed E-state index contributed by atoms with van der Waals surface area (Å²) in [6.07, 6.45) is 19.1. The van der Waals surface area contributed by atoms with Crippen molar-refractivity contribution in [3.63, 3.8) is 0 Å². The summed E-state index contributed by atoms with van der Waals surface area (Å²) in [6, 6.07) is 0. The summed E-state index contributed by atoms with van der Waals surface area (Å²) in [5.41, 5.74) is 1.54. The van der Waals surface area contributed by atoms with Gasteiger partial charge in [0.25, 0.3) is 0 Å². The lowest BCUT2D eigenvalue weighted by molar-refractivity contribution is -0.212. The third-order valence-corrected chi connectivity index (χ3v) is 12.0. The Morgan fingerprint density at radius 3 is 2.00 bits per heavy atom. The van der Waals surface area contributed by atoms with Gasteiger partial charge in [0.1, 0.15) is 0 Å². The second kappa shape index (κ2) is 9.83. The van der Waals surface area contributed by atoms with Crippen molar-refractivity contribution in [3.05, 3.63) is 25.3 Å². The van der Waals surface area contributed by atoms with Gasteiger partial charge in [-0.3, -0.25) is 0 Å². The van der Waals surface area contributed by atoms with Crippen molar-refractivity contribution in [1.29, 1.82) is 0 Å². The van der Waals surface area contributed by atoms with Gasteiger partial charge in [0.05, 0.1) is 6.10 Å². The Hall–Kier alpha value is -0.560. The lowest BCUT2D eigenvalue weighted by Crippen LogP contribution is -2.63. The smallest absolute Gasteiger partial charge is 0.0594 e. The van der Waals surface area contributed by atoms with Crippen molar-refractivity contribution in [1.82, 2.24) is 0 Å². The van der Waals surface area contributed by atoms with Gasteiger partial charge in [-0.1, -0.05) is 60.1 Å². The Morgan fingerprint density at radius 2 is 1.36 bits per heavy atom. The fourth-order valence-electron chi connectivity index (χ4n) is 10.6. The van der Waals surface area contributed by atoms with Crippen LogP contribution in [-0.4, -0.2) is 11.2 Å². The molecule has 0 aromatic heterocycles. The van der Waals surface area contributed by atoms with Crippen LogP contribution in [-0.2, 0) is 0 Å². The summed E-state index contributed by atoms with van der Waals surface area (Å²) < 4.78 is 0. The van der Waals surface area contributed by atoms with Crippen LogP contribution in [0.4, 0.5) is 0 Å². The van der Waals surface area contributed by atoms with E-state index < -0.39 is 0 Å². The van der Waals surface area contributed by atoms with Crippen LogP contribution in [0.2, 0.25) is 0 Å². The minimum absolute atomic E-state index is 0.0845. The molecule has 0 saturated heterocycles. The molecule has 190 valence electrons. The maximum absolute atomic E-state index is 10.8. The first-order valence-corrected chi connectivity index (χ1v) is 14.5. The molecule has 5 aliphatic carbocycles. The number of aliphatic hydroxyl groups excluding tert-OH is 1. The molecule has 0 aromatic carbocycles. The summed E-state index contributed by atoms with van der Waals surface area (Å²) in [5.74, 6) is 4.38. The van der Waals surface area contributed by atoms with Gasteiger partial charge in [-0.15, -0.1) is 13.2 Å². The Bertz CT molecular complexity index is 693. The van der Waals surface area contributed by atoms with Crippen molar-refractivity contribution in [2.24, 2.45) is 51.2 Å². The zero-order valence-corrected chi connectivity index (χ0v) is 23.3. The van der Waals surface area contributed by atoms with Gasteiger partial charge >= 0.3 is 0 Å². The highest BCUT2D eigenvalue weighted by molar-refractivity contribution is 5.16. The van der Waals surface area contributed by atoms with Crippen molar-refractivity contribution < 1.29 is 5.11 Å². The number of fused-ring (bicyclic) bond motifs is 7. The van der Waals surface area contributed by atoms with E-state index in [9.17, 15) is 5.11 Å². The van der Waals surface area contributed by atoms with E-state index in [2.05, 4.69) is 46.9 Å². The first-order valence-electron chi connectivity index (χ1n) is 14.5. The zero-order valence-electron chi connectivity index (χ0n) is 23.3. The third kappa shape index (κ3) is 4.01. The van der Waals surface area contributed by atoms with Gasteiger partial charge in [0, 0.05) is 0 Å². The number of rotatable bonds is 1. The molecule has 5 fully saturated rings. The molecule has 5 rings (SSSR count). The van der Waals surface area contributed by atoms with Crippen molar-refractivity contribution in [2.45, 2.75) is 125 Å². The highest BCUT2D eigenvalue weighted by Crippen LogP contribution is 2.73. The molecule has 1 heteroatoms. The average Bonchev–Trinajstić information content (AvgIpc) is 3.23. The van der Waals surface area contributed by atoms with Crippen molar-refractivity contribution in [3.8, 4) is 0 Å². The van der Waals surface area contributed by atoms with Crippen LogP contribution >= 0.6 is 0 Å². The van der Waals surface area contributed by atoms with Crippen LogP contribution in [0.1, 0.15) is 119 Å². The number of allylic oxidation sites excluding steroid dienone is 2. The molecule has 6 unspecified atom stereocenters. The van der Waals surface area contributed by atoms with Crippen LogP contribution in [0.15, 0.2) is 25.3 Å². The molecule has 1 N–H and O–H groups in total. The van der Waals surface area contributed by atoms with Gasteiger partial charge in [0.2, 0.25) is 0 Å². The van der Waals surface area contributed by atoms with E-state index in [4.69, 9.17) is 0 Å². The van der Waals surface area contributed by atoms with Crippen LogP contribution in [0.3, 0.4) is 0 Å². The Morgan fingerprint density at radius 1 is 0.727 bits per heavy atom. The van der Waals surface area contributed by atoms with E-state index in [0.717, 1.165) is 30.1 Å². The molecule has 0 aliphatic heterocycles. The standard InChI is InChI=1S/C27H44O.C3H6.C2H6/c1-6-27-14-7-8-20(27)18-9-10-22-25(4,19(18)11-17-27)15-12-21-24(2,3)23(28)13-16-26(21,22)5;1-3-2;1-2/h6,18-23,28H,1,7-17H2,2-5H3;3H,1H2,2H3;1-2H3/t18?,19?,20-,21+,22+,23?,25?,26?,27?;;/m1../s1. The molecule has 9 atom stereocenters. The maximum Gasteiger partial charge on any atom is 0.0594 e. The topological polar surface area (TPSA) is 20.2 Å². The molecule has 5 saturated carbocycles. The van der Waals surface area contributed by atoms with E-state index >= 15 is 0 Å². The van der Waals surface area contributed by atoms with E-state index in [1.807, 2.05) is 20.8 Å². The third-order valence-electron chi connectivity index (χ3n) is 12.0. The van der Waals surface area contributed by atoms with E-state index in [-0.39, 0.29) is 11.5 Å². The molecule has 5 aliphatic rings. The first-order chi connectivity index (χ1) is 15.6. The fourth-order valence-corrected chi connectivity index (χ4v) is 10.6. The predicted octanol–water partition coefficient (Wildman–Crippen LogP) is 9.22. The highest BCUT2D eigenvalue weighted by Gasteiger charge is 2.65. The lowest BCUT2D eigenvalue weighted by Gasteiger charge is -2.69. The van der Waals surface area contributed by atoms with Crippen molar-refractivity contribution >= 4 is 0 Å². The first kappa shape index (κ1) is 27.0. The molecule has 0 heterocycles. The molecule has 1 nitrogen and oxygen atoms in total. The minimum atomic E-state index is -0.104. The Kier molecular flexibility index (Phi) is 8.05. The minimum Gasteiger partial charge on any atom is -0.393 e. The van der Waals surface area contributed by atoms with Crippen molar-refractivity contribution in [2.75, 3.05) is 0 Å². The molecular weight excluding hydrogens is 400 g/mol. The lowest BCUT2D eigenvalue weighted by atomic mass is 9.36. The molecule has 33 heavy (non-hydrogen) atoms. The largest absolute Gasteiger partial charge is 0.393 e. The van der Waals surface area contributed by atoms with Crippen LogP contribution in [0.5, 0.6) is 0 Å². The van der Waals surface area contributed by atoms with E-state index in [0.29, 0.717) is 22.2 Å². The predicted molar refractivity (Wildman–Crippen MR) is 144 cm³/mol. The zero-order chi connectivity index (χ0) is 24.7. The van der Waals surface area contributed by atoms with E-state index in [1.165, 1.54) is 64.2 Å². The number of hydrogen-bond donors (Lipinski definition) is 1. The maximum atomic E-state index is 10.8. The average molecular weight is 457 g/mol. The molecule has 0 spiro atoms. The molecule has 0 bridgehead atoms. The summed E-state index contributed by atoms with van der Waals surface area (Å²) in [6.45, 7) is 23.7. The molecule has 0 amide bonds. The van der Waals surface area contributed by atoms with Gasteiger partial charge < -0.3 is 5.11 Å². The van der Waals surface area contributed by atoms with E-state index in [1.54, 1.807) is 6.08 Å². The van der Waals surface area contributed by atoms with Crippen LogP contribution < -0.4 is 0 Å². The second-order valence-electron chi connectivity index (χ2n) is 13.3. The summed E-state index contributed by atoms with van der Waals surface area (Å²) in [7, 11) is 0. The number of aliphatic hydroxyl groups is 1. The number of hydrogen-bond acceptors (Lipinski definition) is 1. The highest BCUT2D eigenvalue weighted by atomic mass is 16.3. The Balaban J connectivity index is 0.000000569. The van der Waals surface area contributed by atoms with Gasteiger partial charge in [-0.25, -0.2) is 0 Å². The van der Waals surface area contributed by atoms with Crippen LogP contribution in [0, 0.1) is 51.2 Å². The second-order valence-corrected chi connectivity index (χ2v) is 13.3. The SMILES string of the molecule is C=CC.C=CC12CCC[C@@H]1C1CC[C@H]3C(C)(CC[C@H]4C(C)(C)C(O)CCC43C)C1CC2.CC. The van der Waals surface area contributed by atoms with Crippen LogP contribution in [0.25, 0.3) is 0 Å². The van der Waals surface area contributed by atoms with Gasteiger partial charge in [-0.2, -0.15) is 0 Å². The van der Waals surface area contributed by atoms with Gasteiger partial charge in [0.15, 0.2) is 0 Å². The molecule has 0 aromatic rings. The molecule has 0 radical (unpaired) electrons. The normalized spacial score (nSPS) is 49.3. The fraction of sp³-hybridized carbons (Fsp3) is 0.875. The molecular formula is C32H56O. The summed E-state index contributed by atoms with van der Waals surface area (Å²) in [5, 5.41) is 10.8. The summed E-state index contributed by atoms with van der Waals surface area (Å²) in [4.78, 5) is 0. The quantitative estimate of drug-likeness (QED) is 0.390. The monoisotopic (exact) mass is 456 g/mol. The van der Waals surface area contributed by atoms with Gasteiger partial charge in [-0.05, 0) is 122 Å². The summed E-state index contributed by atoms with van der Waals surface area (Å²) >= 11 is 0. The Labute approximate surface area is 206 Å².